The van der Waals surface area contributed by atoms with Crippen LogP contribution in [0.25, 0.3) is 0 Å². The molecule has 0 unspecified atom stereocenters. The lowest BCUT2D eigenvalue weighted by Gasteiger charge is -2.00. The van der Waals surface area contributed by atoms with Gasteiger partial charge in [-0.3, -0.25) is 4.79 Å². The van der Waals surface area contributed by atoms with Crippen molar-refractivity contribution < 1.29 is 4.79 Å². The second kappa shape index (κ2) is 7.58. The lowest BCUT2D eigenvalue weighted by Crippen LogP contribution is -2.21. The molecule has 0 aliphatic carbocycles. The van der Waals surface area contributed by atoms with Gasteiger partial charge in [-0.2, -0.15) is 0 Å². The Balaban J connectivity index is 3.04. The Labute approximate surface area is 69.4 Å². The second-order valence-electron chi connectivity index (χ2n) is 2.62. The Hall–Kier alpha value is -0.530. The maximum atomic E-state index is 10.9. The average molecular weight is 156 g/mol. The predicted molar refractivity (Wildman–Crippen MR) is 47.1 cm³/mol. The van der Waals surface area contributed by atoms with Crippen LogP contribution in [0, 0.1) is 6.92 Å². The molecule has 2 nitrogen and oxygen atoms in total. The highest BCUT2D eigenvalue weighted by Gasteiger charge is 1.96. The predicted octanol–water partition coefficient (Wildman–Crippen LogP) is 1.91. The highest BCUT2D eigenvalue weighted by Crippen LogP contribution is 2.01. The number of rotatable bonds is 6. The first-order valence-electron chi connectivity index (χ1n) is 4.37. The van der Waals surface area contributed by atoms with E-state index in [-0.39, 0.29) is 5.91 Å². The lowest BCUT2D eigenvalue weighted by atomic mass is 10.1. The van der Waals surface area contributed by atoms with E-state index in [0.29, 0.717) is 6.42 Å². The van der Waals surface area contributed by atoms with Crippen LogP contribution in [-0.2, 0) is 4.79 Å². The van der Waals surface area contributed by atoms with Gasteiger partial charge in [0.1, 0.15) is 0 Å². The molecular weight excluding hydrogens is 138 g/mol. The Morgan fingerprint density at radius 2 is 2.09 bits per heavy atom. The largest absolute Gasteiger partial charge is 0.356 e. The van der Waals surface area contributed by atoms with Crippen molar-refractivity contribution in [3.63, 3.8) is 0 Å². The first-order valence-corrected chi connectivity index (χ1v) is 4.37. The lowest BCUT2D eigenvalue weighted by molar-refractivity contribution is -0.121. The fourth-order valence-corrected chi connectivity index (χ4v) is 0.925. The molecule has 11 heavy (non-hydrogen) atoms. The number of hydrogen-bond acceptors (Lipinski definition) is 1. The minimum atomic E-state index is 0.177. The number of nitrogens with one attached hydrogen (secondary N) is 1. The summed E-state index contributed by atoms with van der Waals surface area (Å²) in [5.41, 5.74) is 0. The van der Waals surface area contributed by atoms with Gasteiger partial charge >= 0.3 is 0 Å². The Morgan fingerprint density at radius 3 is 2.64 bits per heavy atom. The summed E-state index contributed by atoms with van der Waals surface area (Å²) in [4.78, 5) is 10.9. The van der Waals surface area contributed by atoms with Gasteiger partial charge in [0.15, 0.2) is 0 Å². The summed E-state index contributed by atoms with van der Waals surface area (Å²) in [5, 5.41) is 2.77. The van der Waals surface area contributed by atoms with E-state index in [9.17, 15) is 4.79 Å². The molecule has 1 radical (unpaired) electrons. The van der Waals surface area contributed by atoms with E-state index in [2.05, 4.69) is 12.2 Å². The van der Waals surface area contributed by atoms with Gasteiger partial charge in [0, 0.05) is 13.0 Å². The molecule has 1 amide bonds. The van der Waals surface area contributed by atoms with Crippen LogP contribution >= 0.6 is 0 Å². The quantitative estimate of drug-likeness (QED) is 0.585. The van der Waals surface area contributed by atoms with Crippen molar-refractivity contribution in [1.29, 1.82) is 0 Å². The molecule has 0 aliphatic rings. The Morgan fingerprint density at radius 1 is 1.36 bits per heavy atom. The maximum absolute atomic E-state index is 10.9. The summed E-state index contributed by atoms with van der Waals surface area (Å²) in [5.74, 6) is 0.177. The molecule has 0 bridgehead atoms. The van der Waals surface area contributed by atoms with E-state index in [0.717, 1.165) is 32.2 Å². The molecule has 0 heterocycles. The van der Waals surface area contributed by atoms with Crippen LogP contribution < -0.4 is 5.32 Å². The third-order valence-corrected chi connectivity index (χ3v) is 1.53. The first kappa shape index (κ1) is 10.5. The zero-order valence-corrected chi connectivity index (χ0v) is 7.36. The Bertz CT molecular complexity index is 102. The molecule has 65 valence electrons. The first-order chi connectivity index (χ1) is 5.31. The van der Waals surface area contributed by atoms with Crippen molar-refractivity contribution in [2.75, 3.05) is 6.54 Å². The molecule has 0 spiro atoms. The molecule has 2 heteroatoms. The van der Waals surface area contributed by atoms with Crippen LogP contribution in [0.15, 0.2) is 0 Å². The fraction of sp³-hybridized carbons (Fsp3) is 0.778. The molecule has 1 N–H and O–H groups in total. The molecule has 0 fully saturated rings. The van der Waals surface area contributed by atoms with Gasteiger partial charge in [-0.25, -0.2) is 0 Å². The SMILES string of the molecule is [CH2]CCCCCC(=O)NCC. The van der Waals surface area contributed by atoms with Crippen LogP contribution in [0.1, 0.15) is 39.0 Å². The van der Waals surface area contributed by atoms with E-state index in [4.69, 9.17) is 0 Å². The van der Waals surface area contributed by atoms with Crippen molar-refractivity contribution in [3.8, 4) is 0 Å². The average Bonchev–Trinajstić information content (AvgIpc) is 1.99. The van der Waals surface area contributed by atoms with Gasteiger partial charge in [-0.1, -0.05) is 26.2 Å². The minimum absolute atomic E-state index is 0.177. The zero-order chi connectivity index (χ0) is 8.53. The van der Waals surface area contributed by atoms with Crippen molar-refractivity contribution >= 4 is 5.91 Å². The van der Waals surface area contributed by atoms with Crippen molar-refractivity contribution in [2.45, 2.75) is 39.0 Å². The summed E-state index contributed by atoms with van der Waals surface area (Å²) in [6.45, 7) is 6.42. The van der Waals surface area contributed by atoms with E-state index in [1.807, 2.05) is 6.92 Å². The third-order valence-electron chi connectivity index (χ3n) is 1.53. The molecule has 0 aliphatic heterocycles. The molecule has 0 saturated heterocycles. The van der Waals surface area contributed by atoms with Gasteiger partial charge < -0.3 is 5.32 Å². The number of hydrogen-bond donors (Lipinski definition) is 1. The molecular formula is C9H18NO. The number of carbonyl (C=O) groups excluding carboxylic acids is 1. The van der Waals surface area contributed by atoms with Crippen LogP contribution in [-0.4, -0.2) is 12.5 Å². The maximum Gasteiger partial charge on any atom is 0.219 e. The van der Waals surface area contributed by atoms with E-state index >= 15 is 0 Å². The van der Waals surface area contributed by atoms with E-state index < -0.39 is 0 Å². The van der Waals surface area contributed by atoms with Crippen molar-refractivity contribution in [3.05, 3.63) is 6.92 Å². The van der Waals surface area contributed by atoms with Crippen molar-refractivity contribution in [1.82, 2.24) is 5.32 Å². The van der Waals surface area contributed by atoms with E-state index in [1.165, 1.54) is 0 Å². The summed E-state index contributed by atoms with van der Waals surface area (Å²) in [6, 6.07) is 0. The highest BCUT2D eigenvalue weighted by molar-refractivity contribution is 5.75. The van der Waals surface area contributed by atoms with Gasteiger partial charge in [0.2, 0.25) is 5.91 Å². The number of amides is 1. The fourth-order valence-electron chi connectivity index (χ4n) is 0.925. The zero-order valence-electron chi connectivity index (χ0n) is 7.36. The van der Waals surface area contributed by atoms with Crippen LogP contribution in [0.3, 0.4) is 0 Å². The molecule has 0 aromatic carbocycles. The van der Waals surface area contributed by atoms with Crippen molar-refractivity contribution in [2.24, 2.45) is 0 Å². The molecule has 0 aromatic heterocycles. The molecule has 0 rings (SSSR count). The summed E-state index contributed by atoms with van der Waals surface area (Å²) < 4.78 is 0. The van der Waals surface area contributed by atoms with Gasteiger partial charge in [-0.05, 0) is 13.3 Å². The molecule has 0 atom stereocenters. The van der Waals surface area contributed by atoms with Crippen LogP contribution in [0.5, 0.6) is 0 Å². The van der Waals surface area contributed by atoms with Crippen LogP contribution in [0.2, 0.25) is 0 Å². The standard InChI is InChI=1S/C9H18NO/c1-3-5-6-7-8-9(11)10-4-2/h1,3-8H2,2H3,(H,10,11). The monoisotopic (exact) mass is 156 g/mol. The molecule has 0 saturated carbocycles. The minimum Gasteiger partial charge on any atom is -0.356 e. The summed E-state index contributed by atoms with van der Waals surface area (Å²) in [7, 11) is 0. The van der Waals surface area contributed by atoms with Gasteiger partial charge in [0.25, 0.3) is 0 Å². The number of unbranched alkanes of at least 4 members (excludes halogenated alkanes) is 3. The summed E-state index contributed by atoms with van der Waals surface area (Å²) in [6.07, 6.45) is 4.92. The third kappa shape index (κ3) is 7.37. The summed E-state index contributed by atoms with van der Waals surface area (Å²) >= 11 is 0. The second-order valence-corrected chi connectivity index (χ2v) is 2.62. The van der Waals surface area contributed by atoms with Gasteiger partial charge in [-0.15, -0.1) is 0 Å². The topological polar surface area (TPSA) is 29.1 Å². The Kier molecular flexibility index (Phi) is 7.21. The molecule has 0 aromatic rings. The number of carbonyl (C=O) groups is 1. The smallest absolute Gasteiger partial charge is 0.219 e. The van der Waals surface area contributed by atoms with Gasteiger partial charge in [0.05, 0.1) is 0 Å². The highest BCUT2D eigenvalue weighted by atomic mass is 16.1. The van der Waals surface area contributed by atoms with E-state index in [1.54, 1.807) is 0 Å². The van der Waals surface area contributed by atoms with Crippen LogP contribution in [0.4, 0.5) is 0 Å². The normalized spacial score (nSPS) is 9.64.